The summed E-state index contributed by atoms with van der Waals surface area (Å²) >= 11 is 0. The summed E-state index contributed by atoms with van der Waals surface area (Å²) in [6.07, 6.45) is 1.15. The van der Waals surface area contributed by atoms with E-state index in [0.717, 1.165) is 10.4 Å². The van der Waals surface area contributed by atoms with Crippen LogP contribution in [0.5, 0.6) is 0 Å². The summed E-state index contributed by atoms with van der Waals surface area (Å²) in [7, 11) is -3.04. The number of hydrogen-bond donors (Lipinski definition) is 1. The average Bonchev–Trinajstić information content (AvgIpc) is 2.67. The van der Waals surface area contributed by atoms with Crippen LogP contribution in [0.3, 0.4) is 0 Å². The summed E-state index contributed by atoms with van der Waals surface area (Å²) < 4.78 is 5.03. The first kappa shape index (κ1) is 20.1. The van der Waals surface area contributed by atoms with Gasteiger partial charge in [-0.05, 0) is 35.2 Å². The van der Waals surface area contributed by atoms with Gasteiger partial charge in [-0.3, -0.25) is 0 Å². The normalized spacial score (nSPS) is 11.8. The number of ether oxygens (including phenoxy) is 1. The van der Waals surface area contributed by atoms with Crippen molar-refractivity contribution in [1.29, 1.82) is 0 Å². The second-order valence-electron chi connectivity index (χ2n) is 7.15. The minimum Gasteiger partial charge on any atom is -0.463 e. The molecule has 0 spiro atoms. The zero-order valence-electron chi connectivity index (χ0n) is 15.9. The highest BCUT2D eigenvalue weighted by Crippen LogP contribution is 2.40. The van der Waals surface area contributed by atoms with Gasteiger partial charge in [0.25, 0.3) is 8.32 Å². The number of carbonyl (C=O) groups is 1. The highest BCUT2D eigenvalue weighted by molar-refractivity contribution is 6.98. The Kier molecular flexibility index (Phi) is 6.56. The molecule has 0 heterocycles. The average molecular weight is 369 g/mol. The Hall–Kier alpha value is -2.17. The molecule has 4 heteroatoms. The molecule has 0 radical (unpaired) electrons. The van der Waals surface area contributed by atoms with E-state index in [1.54, 1.807) is 6.92 Å². The van der Waals surface area contributed by atoms with Crippen LogP contribution in [0.25, 0.3) is 0 Å². The van der Waals surface area contributed by atoms with Gasteiger partial charge in [0, 0.05) is 5.57 Å². The van der Waals surface area contributed by atoms with Crippen molar-refractivity contribution < 1.29 is 14.3 Å². The Bertz CT molecular complexity index is 699. The standard InChI is InChI=1S/C22H28O3Si/c1-5-25-21(23)18(2)16-17-22(3,4)26(24,19-12-8-6-9-13-19)20-14-10-7-11-15-20/h6-15,24H,2,5,16-17H2,1,3-4H3. The maximum absolute atomic E-state index is 12.0. The molecule has 0 aliphatic rings. The van der Waals surface area contributed by atoms with Crippen molar-refractivity contribution in [2.45, 2.75) is 38.7 Å². The Labute approximate surface area is 157 Å². The molecular formula is C22H28O3Si. The zero-order valence-corrected chi connectivity index (χ0v) is 16.9. The fourth-order valence-corrected chi connectivity index (χ4v) is 7.02. The van der Waals surface area contributed by atoms with Crippen LogP contribution in [0.4, 0.5) is 0 Å². The Morgan fingerprint density at radius 3 is 1.92 bits per heavy atom. The first-order valence-corrected chi connectivity index (χ1v) is 11.0. The lowest BCUT2D eigenvalue weighted by atomic mass is 10.0. The lowest BCUT2D eigenvalue weighted by Crippen LogP contribution is -2.65. The van der Waals surface area contributed by atoms with Crippen molar-refractivity contribution in [3.63, 3.8) is 0 Å². The molecule has 2 aromatic carbocycles. The number of esters is 1. The first-order chi connectivity index (χ1) is 12.3. The minimum absolute atomic E-state index is 0.341. The fraction of sp³-hybridized carbons (Fsp3) is 0.318. The SMILES string of the molecule is C=C(CCC(C)(C)[Si](O)(c1ccccc1)c1ccccc1)C(=O)OCC. The summed E-state index contributed by atoms with van der Waals surface area (Å²) in [5.74, 6) is -0.354. The summed E-state index contributed by atoms with van der Waals surface area (Å²) in [6.45, 7) is 10.1. The third-order valence-corrected chi connectivity index (χ3v) is 9.53. The van der Waals surface area contributed by atoms with Gasteiger partial charge in [0.2, 0.25) is 0 Å². The summed E-state index contributed by atoms with van der Waals surface area (Å²) in [4.78, 5) is 23.9. The second-order valence-corrected chi connectivity index (χ2v) is 11.1. The maximum Gasteiger partial charge on any atom is 0.333 e. The van der Waals surface area contributed by atoms with E-state index in [4.69, 9.17) is 4.74 Å². The van der Waals surface area contributed by atoms with Crippen molar-refractivity contribution in [2.24, 2.45) is 0 Å². The van der Waals surface area contributed by atoms with E-state index in [1.807, 2.05) is 60.7 Å². The van der Waals surface area contributed by atoms with Gasteiger partial charge in [0.1, 0.15) is 0 Å². The smallest absolute Gasteiger partial charge is 0.333 e. The maximum atomic E-state index is 12.0. The van der Waals surface area contributed by atoms with E-state index in [0.29, 0.717) is 25.0 Å². The number of rotatable bonds is 8. The number of benzene rings is 2. The van der Waals surface area contributed by atoms with Crippen molar-refractivity contribution in [2.75, 3.05) is 6.61 Å². The molecule has 0 fully saturated rings. The van der Waals surface area contributed by atoms with Crippen LogP contribution in [-0.2, 0) is 9.53 Å². The molecule has 1 N–H and O–H groups in total. The van der Waals surface area contributed by atoms with Crippen LogP contribution < -0.4 is 10.4 Å². The second kappa shape index (κ2) is 8.47. The van der Waals surface area contributed by atoms with Gasteiger partial charge in [0.05, 0.1) is 6.61 Å². The summed E-state index contributed by atoms with van der Waals surface area (Å²) in [5, 5.41) is 1.54. The molecular weight excluding hydrogens is 340 g/mol. The van der Waals surface area contributed by atoms with E-state index in [1.165, 1.54) is 0 Å². The fourth-order valence-electron chi connectivity index (χ4n) is 3.29. The van der Waals surface area contributed by atoms with Gasteiger partial charge in [-0.15, -0.1) is 0 Å². The molecule has 0 aliphatic carbocycles. The van der Waals surface area contributed by atoms with Crippen molar-refractivity contribution in [1.82, 2.24) is 0 Å². The zero-order chi connectivity index (χ0) is 19.2. The number of carbonyl (C=O) groups excluding carboxylic acids is 1. The Morgan fingerprint density at radius 1 is 1.04 bits per heavy atom. The van der Waals surface area contributed by atoms with Crippen molar-refractivity contribution >= 4 is 24.7 Å². The van der Waals surface area contributed by atoms with Gasteiger partial charge >= 0.3 is 5.97 Å². The summed E-state index contributed by atoms with van der Waals surface area (Å²) in [6, 6.07) is 19.8. The minimum atomic E-state index is -3.04. The van der Waals surface area contributed by atoms with E-state index >= 15 is 0 Å². The quantitative estimate of drug-likeness (QED) is 0.441. The van der Waals surface area contributed by atoms with Crippen LogP contribution in [0.15, 0.2) is 72.8 Å². The van der Waals surface area contributed by atoms with E-state index in [2.05, 4.69) is 20.4 Å². The van der Waals surface area contributed by atoms with E-state index in [9.17, 15) is 9.59 Å². The van der Waals surface area contributed by atoms with Gasteiger partial charge < -0.3 is 9.53 Å². The predicted molar refractivity (Wildman–Crippen MR) is 109 cm³/mol. The molecule has 3 nitrogen and oxygen atoms in total. The molecule has 0 aliphatic heterocycles. The predicted octanol–water partition coefficient (Wildman–Crippen LogP) is 3.42. The van der Waals surface area contributed by atoms with Crippen LogP contribution in [0.1, 0.15) is 33.6 Å². The lowest BCUT2D eigenvalue weighted by molar-refractivity contribution is -0.138. The molecule has 0 amide bonds. The van der Waals surface area contributed by atoms with Crippen molar-refractivity contribution in [3.05, 3.63) is 72.8 Å². The number of hydrogen-bond acceptors (Lipinski definition) is 3. The Morgan fingerprint density at radius 2 is 1.50 bits per heavy atom. The molecule has 0 unspecified atom stereocenters. The van der Waals surface area contributed by atoms with E-state index in [-0.39, 0.29) is 5.97 Å². The molecule has 0 bridgehead atoms. The third-order valence-electron chi connectivity index (χ3n) is 4.98. The van der Waals surface area contributed by atoms with Gasteiger partial charge in [0.15, 0.2) is 0 Å². The first-order valence-electron chi connectivity index (χ1n) is 9.01. The van der Waals surface area contributed by atoms with Gasteiger partial charge in [-0.2, -0.15) is 0 Å². The third kappa shape index (κ3) is 4.14. The molecule has 0 saturated carbocycles. The monoisotopic (exact) mass is 368 g/mol. The Balaban J connectivity index is 2.36. The van der Waals surface area contributed by atoms with Crippen molar-refractivity contribution in [3.8, 4) is 0 Å². The van der Waals surface area contributed by atoms with Crippen LogP contribution >= 0.6 is 0 Å². The van der Waals surface area contributed by atoms with Gasteiger partial charge in [-0.25, -0.2) is 4.79 Å². The van der Waals surface area contributed by atoms with Crippen LogP contribution in [-0.4, -0.2) is 25.7 Å². The molecule has 2 aromatic rings. The van der Waals surface area contributed by atoms with Crippen LogP contribution in [0.2, 0.25) is 5.04 Å². The van der Waals surface area contributed by atoms with Crippen LogP contribution in [0, 0.1) is 0 Å². The lowest BCUT2D eigenvalue weighted by Gasteiger charge is -2.41. The highest BCUT2D eigenvalue weighted by Gasteiger charge is 2.49. The largest absolute Gasteiger partial charge is 0.463 e. The molecule has 0 saturated heterocycles. The highest BCUT2D eigenvalue weighted by atomic mass is 28.4. The summed E-state index contributed by atoms with van der Waals surface area (Å²) in [5.41, 5.74) is 0.456. The van der Waals surface area contributed by atoms with E-state index < -0.39 is 13.4 Å². The molecule has 138 valence electrons. The molecule has 0 aromatic heterocycles. The van der Waals surface area contributed by atoms with Gasteiger partial charge in [-0.1, -0.05) is 81.1 Å². The molecule has 2 rings (SSSR count). The molecule has 0 atom stereocenters. The topological polar surface area (TPSA) is 46.5 Å². The molecule has 26 heavy (non-hydrogen) atoms.